The molecule has 0 spiro atoms. The van der Waals surface area contributed by atoms with Gasteiger partial charge >= 0.3 is 0 Å². The van der Waals surface area contributed by atoms with Crippen molar-refractivity contribution in [3.05, 3.63) is 70.7 Å². The first-order valence-corrected chi connectivity index (χ1v) is 7.87. The van der Waals surface area contributed by atoms with Gasteiger partial charge in [-0.1, -0.05) is 30.7 Å². The number of benzene rings is 1. The molecule has 0 saturated carbocycles. The maximum atomic E-state index is 12.6. The van der Waals surface area contributed by atoms with Crippen LogP contribution in [0.4, 0.5) is 5.69 Å². The third-order valence-electron chi connectivity index (χ3n) is 3.92. The van der Waals surface area contributed by atoms with E-state index in [1.165, 1.54) is 4.90 Å². The minimum Gasteiger partial charge on any atom is -0.503 e. The molecule has 1 aromatic heterocycles. The van der Waals surface area contributed by atoms with Crippen molar-refractivity contribution in [3.8, 4) is 0 Å². The highest BCUT2D eigenvalue weighted by atomic mass is 35.5. The number of aliphatic hydroxyl groups is 1. The summed E-state index contributed by atoms with van der Waals surface area (Å²) in [6.07, 6.45) is 3.37. The Kier molecular flexibility index (Phi) is 4.36. The first-order chi connectivity index (χ1) is 11.5. The summed E-state index contributed by atoms with van der Waals surface area (Å²) in [6, 6.07) is 9.49. The average Bonchev–Trinajstić information content (AvgIpc) is 2.86. The smallest absolute Gasteiger partial charge is 0.294 e. The van der Waals surface area contributed by atoms with E-state index in [4.69, 9.17) is 11.6 Å². The Balaban J connectivity index is 2.18. The van der Waals surface area contributed by atoms with Gasteiger partial charge in [0.2, 0.25) is 0 Å². The van der Waals surface area contributed by atoms with Gasteiger partial charge in [-0.05, 0) is 29.8 Å². The second-order valence-corrected chi connectivity index (χ2v) is 5.82. The molecule has 1 N–H and O–H groups in total. The van der Waals surface area contributed by atoms with Crippen LogP contribution in [-0.2, 0) is 9.59 Å². The molecule has 1 atom stereocenters. The average molecular weight is 343 g/mol. The number of hydrogen-bond donors (Lipinski definition) is 1. The second kappa shape index (κ2) is 6.45. The Bertz CT molecular complexity index is 833. The van der Waals surface area contributed by atoms with E-state index in [-0.39, 0.29) is 17.8 Å². The fraction of sp³-hybridized carbons (Fsp3) is 0.167. The van der Waals surface area contributed by atoms with Crippen LogP contribution in [0, 0.1) is 0 Å². The monoisotopic (exact) mass is 342 g/mol. The molecule has 2 heterocycles. The number of carbonyl (C=O) groups is 2. The molecule has 24 heavy (non-hydrogen) atoms. The SMILES string of the molecule is CCC(=O)C1=C(O)C(=O)N(c2cccc(Cl)c2)C1c1cccnc1. The summed E-state index contributed by atoms with van der Waals surface area (Å²) in [5, 5.41) is 10.8. The van der Waals surface area contributed by atoms with Gasteiger partial charge in [-0.3, -0.25) is 19.5 Å². The molecule has 0 aliphatic carbocycles. The van der Waals surface area contributed by atoms with E-state index in [9.17, 15) is 14.7 Å². The zero-order chi connectivity index (χ0) is 17.3. The highest BCUT2D eigenvalue weighted by Gasteiger charge is 2.43. The second-order valence-electron chi connectivity index (χ2n) is 5.38. The maximum Gasteiger partial charge on any atom is 0.294 e. The van der Waals surface area contributed by atoms with Crippen molar-refractivity contribution in [1.82, 2.24) is 4.98 Å². The predicted octanol–water partition coefficient (Wildman–Crippen LogP) is 3.61. The number of nitrogens with zero attached hydrogens (tertiary/aromatic N) is 2. The summed E-state index contributed by atoms with van der Waals surface area (Å²) in [6.45, 7) is 1.69. The van der Waals surface area contributed by atoms with E-state index in [0.717, 1.165) is 0 Å². The predicted molar refractivity (Wildman–Crippen MR) is 90.9 cm³/mol. The van der Waals surface area contributed by atoms with E-state index in [1.807, 2.05) is 0 Å². The molecule has 0 bridgehead atoms. The van der Waals surface area contributed by atoms with E-state index in [1.54, 1.807) is 55.7 Å². The molecule has 1 aromatic carbocycles. The van der Waals surface area contributed by atoms with Gasteiger partial charge in [0, 0.05) is 29.5 Å². The van der Waals surface area contributed by atoms with Crippen molar-refractivity contribution >= 4 is 29.0 Å². The molecule has 3 rings (SSSR count). The normalized spacial score (nSPS) is 17.5. The molecule has 0 fully saturated rings. The summed E-state index contributed by atoms with van der Waals surface area (Å²) in [7, 11) is 0. The molecule has 122 valence electrons. The molecule has 0 saturated heterocycles. The summed E-state index contributed by atoms with van der Waals surface area (Å²) in [4.78, 5) is 30.4. The fourth-order valence-electron chi connectivity index (χ4n) is 2.83. The lowest BCUT2D eigenvalue weighted by Gasteiger charge is -2.26. The lowest BCUT2D eigenvalue weighted by atomic mass is 9.96. The number of halogens is 1. The first-order valence-electron chi connectivity index (χ1n) is 7.50. The molecule has 1 unspecified atom stereocenters. The van der Waals surface area contributed by atoms with Crippen LogP contribution in [0.1, 0.15) is 24.9 Å². The van der Waals surface area contributed by atoms with Crippen LogP contribution in [0.3, 0.4) is 0 Å². The first kappa shape index (κ1) is 16.2. The highest BCUT2D eigenvalue weighted by molar-refractivity contribution is 6.31. The number of pyridine rings is 1. The van der Waals surface area contributed by atoms with Gasteiger partial charge in [-0.15, -0.1) is 0 Å². The van der Waals surface area contributed by atoms with Crippen molar-refractivity contribution in [2.24, 2.45) is 0 Å². The van der Waals surface area contributed by atoms with Crippen molar-refractivity contribution in [2.75, 3.05) is 4.90 Å². The fourth-order valence-corrected chi connectivity index (χ4v) is 3.01. The Morgan fingerprint density at radius 3 is 2.75 bits per heavy atom. The van der Waals surface area contributed by atoms with Crippen molar-refractivity contribution in [2.45, 2.75) is 19.4 Å². The van der Waals surface area contributed by atoms with Gasteiger partial charge in [0.05, 0.1) is 11.6 Å². The van der Waals surface area contributed by atoms with E-state index in [0.29, 0.717) is 16.3 Å². The van der Waals surface area contributed by atoms with Crippen LogP contribution in [0.15, 0.2) is 60.1 Å². The number of hydrogen-bond acceptors (Lipinski definition) is 4. The number of carbonyl (C=O) groups excluding carboxylic acids is 2. The van der Waals surface area contributed by atoms with E-state index < -0.39 is 17.7 Å². The van der Waals surface area contributed by atoms with Gasteiger partial charge in [0.1, 0.15) is 0 Å². The van der Waals surface area contributed by atoms with E-state index >= 15 is 0 Å². The largest absolute Gasteiger partial charge is 0.503 e. The summed E-state index contributed by atoms with van der Waals surface area (Å²) < 4.78 is 0. The zero-order valence-electron chi connectivity index (χ0n) is 12.9. The number of aliphatic hydroxyl groups excluding tert-OH is 1. The summed E-state index contributed by atoms with van der Waals surface area (Å²) in [5.41, 5.74) is 1.24. The van der Waals surface area contributed by atoms with E-state index in [2.05, 4.69) is 4.98 Å². The van der Waals surface area contributed by atoms with Crippen LogP contribution in [0.5, 0.6) is 0 Å². The highest BCUT2D eigenvalue weighted by Crippen LogP contribution is 2.41. The van der Waals surface area contributed by atoms with Crippen LogP contribution >= 0.6 is 11.6 Å². The quantitative estimate of drug-likeness (QED) is 0.921. The third-order valence-corrected chi connectivity index (χ3v) is 4.15. The van der Waals surface area contributed by atoms with Gasteiger partial charge in [-0.25, -0.2) is 0 Å². The number of Topliss-reactive ketones (excluding diaryl/α,β-unsaturated/α-hetero) is 1. The minimum atomic E-state index is -0.725. The maximum absolute atomic E-state index is 12.6. The molecule has 1 amide bonds. The molecule has 6 heteroatoms. The number of rotatable bonds is 4. The molecule has 2 aromatic rings. The van der Waals surface area contributed by atoms with Crippen molar-refractivity contribution in [1.29, 1.82) is 0 Å². The van der Waals surface area contributed by atoms with Gasteiger partial charge in [-0.2, -0.15) is 0 Å². The zero-order valence-corrected chi connectivity index (χ0v) is 13.7. The van der Waals surface area contributed by atoms with Crippen molar-refractivity contribution < 1.29 is 14.7 Å². The Morgan fingerprint density at radius 2 is 2.12 bits per heavy atom. The molecule has 1 aliphatic rings. The molecule has 1 aliphatic heterocycles. The molecule has 5 nitrogen and oxygen atoms in total. The van der Waals surface area contributed by atoms with Crippen LogP contribution in [0.25, 0.3) is 0 Å². The van der Waals surface area contributed by atoms with Crippen LogP contribution in [0.2, 0.25) is 5.02 Å². The lowest BCUT2D eigenvalue weighted by molar-refractivity contribution is -0.118. The van der Waals surface area contributed by atoms with Crippen LogP contribution < -0.4 is 4.90 Å². The molecular weight excluding hydrogens is 328 g/mol. The summed E-state index contributed by atoms with van der Waals surface area (Å²) >= 11 is 6.03. The minimum absolute atomic E-state index is 0.0930. The molecular formula is C18H15ClN2O3. The van der Waals surface area contributed by atoms with Crippen LogP contribution in [-0.4, -0.2) is 21.8 Å². The number of anilines is 1. The number of ketones is 1. The third kappa shape index (κ3) is 2.67. The Hall–Kier alpha value is -2.66. The van der Waals surface area contributed by atoms with Gasteiger partial charge in [0.15, 0.2) is 11.5 Å². The summed E-state index contributed by atoms with van der Waals surface area (Å²) in [5.74, 6) is -1.42. The Labute approximate surface area is 144 Å². The lowest BCUT2D eigenvalue weighted by Crippen LogP contribution is -2.31. The molecule has 0 radical (unpaired) electrons. The number of amides is 1. The standard InChI is InChI=1S/C18H15ClN2O3/c1-2-14(22)15-16(11-5-4-8-20-10-11)21(18(24)17(15)23)13-7-3-6-12(19)9-13/h3-10,16,23H,2H2,1H3. The Morgan fingerprint density at radius 1 is 1.33 bits per heavy atom. The van der Waals surface area contributed by atoms with Gasteiger partial charge < -0.3 is 5.11 Å². The number of aromatic nitrogens is 1. The topological polar surface area (TPSA) is 70.5 Å². The van der Waals surface area contributed by atoms with Gasteiger partial charge in [0.25, 0.3) is 5.91 Å². The van der Waals surface area contributed by atoms with Crippen molar-refractivity contribution in [3.63, 3.8) is 0 Å².